The van der Waals surface area contributed by atoms with Crippen molar-refractivity contribution in [2.75, 3.05) is 12.4 Å². The molecule has 2 N–H and O–H groups in total. The van der Waals surface area contributed by atoms with Gasteiger partial charge in [-0.05, 0) is 57.2 Å². The third kappa shape index (κ3) is 4.59. The highest BCUT2D eigenvalue weighted by atomic mass is 16.5. The Morgan fingerprint density at radius 3 is 2.17 bits per heavy atom. The van der Waals surface area contributed by atoms with Crippen molar-refractivity contribution in [2.24, 2.45) is 0 Å². The van der Waals surface area contributed by atoms with Crippen LogP contribution in [0.1, 0.15) is 41.5 Å². The number of methoxy groups -OCH3 is 1. The Bertz CT molecular complexity index is 731. The van der Waals surface area contributed by atoms with Gasteiger partial charge in [-0.25, -0.2) is 4.79 Å². The standard InChI is InChI=1S/C19H22N2O3/c1-19(2,3)21-17(22)15-7-5-6-8-16(15)20-14-11-9-13(10-12-14)18(23)24-4/h5-12,20H,1-4H3,(H,21,22). The van der Waals surface area contributed by atoms with Gasteiger partial charge in [-0.1, -0.05) is 12.1 Å². The third-order valence-electron chi connectivity index (χ3n) is 3.25. The second kappa shape index (κ2) is 7.17. The van der Waals surface area contributed by atoms with Crippen molar-refractivity contribution in [3.05, 3.63) is 59.7 Å². The van der Waals surface area contributed by atoms with E-state index >= 15 is 0 Å². The maximum Gasteiger partial charge on any atom is 0.337 e. The Labute approximate surface area is 142 Å². The van der Waals surface area contributed by atoms with Crippen molar-refractivity contribution < 1.29 is 14.3 Å². The van der Waals surface area contributed by atoms with E-state index in [0.717, 1.165) is 5.69 Å². The molecular formula is C19H22N2O3. The van der Waals surface area contributed by atoms with E-state index in [0.29, 0.717) is 16.8 Å². The second-order valence-corrected chi connectivity index (χ2v) is 6.44. The minimum atomic E-state index is -0.383. The number of rotatable bonds is 4. The minimum Gasteiger partial charge on any atom is -0.465 e. The average molecular weight is 326 g/mol. The number of hydrogen-bond donors (Lipinski definition) is 2. The molecule has 0 heterocycles. The Hall–Kier alpha value is -2.82. The summed E-state index contributed by atoms with van der Waals surface area (Å²) in [5.74, 6) is -0.525. The lowest BCUT2D eigenvalue weighted by atomic mass is 10.1. The van der Waals surface area contributed by atoms with E-state index in [2.05, 4.69) is 15.4 Å². The summed E-state index contributed by atoms with van der Waals surface area (Å²) < 4.78 is 4.68. The van der Waals surface area contributed by atoms with E-state index < -0.39 is 0 Å². The molecule has 0 saturated carbocycles. The first kappa shape index (κ1) is 17.5. The Morgan fingerprint density at radius 2 is 1.58 bits per heavy atom. The van der Waals surface area contributed by atoms with Crippen LogP contribution in [-0.4, -0.2) is 24.5 Å². The van der Waals surface area contributed by atoms with Crippen molar-refractivity contribution in [3.8, 4) is 0 Å². The molecule has 0 aliphatic carbocycles. The molecular weight excluding hydrogens is 304 g/mol. The first-order chi connectivity index (χ1) is 11.3. The fourth-order valence-electron chi connectivity index (χ4n) is 2.16. The van der Waals surface area contributed by atoms with Gasteiger partial charge in [-0.15, -0.1) is 0 Å². The molecule has 0 bridgehead atoms. The Balaban J connectivity index is 2.21. The number of benzene rings is 2. The number of nitrogens with one attached hydrogen (secondary N) is 2. The van der Waals surface area contributed by atoms with Crippen LogP contribution < -0.4 is 10.6 Å². The smallest absolute Gasteiger partial charge is 0.337 e. The van der Waals surface area contributed by atoms with Crippen LogP contribution in [0.3, 0.4) is 0 Å². The number of ether oxygens (including phenoxy) is 1. The molecule has 2 aromatic rings. The van der Waals surface area contributed by atoms with Crippen LogP contribution in [0.15, 0.2) is 48.5 Å². The summed E-state index contributed by atoms with van der Waals surface area (Å²) in [5, 5.41) is 6.16. The first-order valence-electron chi connectivity index (χ1n) is 7.67. The number of amides is 1. The van der Waals surface area contributed by atoms with Gasteiger partial charge in [0.15, 0.2) is 0 Å². The van der Waals surface area contributed by atoms with Crippen LogP contribution in [0, 0.1) is 0 Å². The van der Waals surface area contributed by atoms with Crippen LogP contribution in [0.4, 0.5) is 11.4 Å². The van der Waals surface area contributed by atoms with Gasteiger partial charge in [0.1, 0.15) is 0 Å². The largest absolute Gasteiger partial charge is 0.465 e. The fraction of sp³-hybridized carbons (Fsp3) is 0.263. The molecule has 0 aliphatic rings. The maximum absolute atomic E-state index is 12.4. The summed E-state index contributed by atoms with van der Waals surface area (Å²) in [6, 6.07) is 14.2. The van der Waals surface area contributed by atoms with Gasteiger partial charge in [0.2, 0.25) is 0 Å². The molecule has 0 unspecified atom stereocenters. The summed E-state index contributed by atoms with van der Waals surface area (Å²) >= 11 is 0. The lowest BCUT2D eigenvalue weighted by Crippen LogP contribution is -2.40. The highest BCUT2D eigenvalue weighted by molar-refractivity contribution is 6.00. The van der Waals surface area contributed by atoms with Crippen molar-refractivity contribution in [3.63, 3.8) is 0 Å². The number of carbonyl (C=O) groups is 2. The molecule has 2 aromatic carbocycles. The lowest BCUT2D eigenvalue weighted by Gasteiger charge is -2.21. The van der Waals surface area contributed by atoms with Crippen molar-refractivity contribution in [1.29, 1.82) is 0 Å². The highest BCUT2D eigenvalue weighted by Gasteiger charge is 2.17. The number of carbonyl (C=O) groups excluding carboxylic acids is 2. The second-order valence-electron chi connectivity index (χ2n) is 6.44. The summed E-state index contributed by atoms with van der Waals surface area (Å²) in [7, 11) is 1.35. The highest BCUT2D eigenvalue weighted by Crippen LogP contribution is 2.22. The molecule has 0 aliphatic heterocycles. The topological polar surface area (TPSA) is 67.4 Å². The van der Waals surface area contributed by atoms with Crippen molar-refractivity contribution in [1.82, 2.24) is 5.32 Å². The SMILES string of the molecule is COC(=O)c1ccc(Nc2ccccc2C(=O)NC(C)(C)C)cc1. The van der Waals surface area contributed by atoms with Crippen molar-refractivity contribution in [2.45, 2.75) is 26.3 Å². The van der Waals surface area contributed by atoms with Crippen molar-refractivity contribution >= 4 is 23.3 Å². The molecule has 0 atom stereocenters. The third-order valence-corrected chi connectivity index (χ3v) is 3.25. The molecule has 0 radical (unpaired) electrons. The quantitative estimate of drug-likeness (QED) is 0.840. The van der Waals surface area contributed by atoms with E-state index in [9.17, 15) is 9.59 Å². The molecule has 126 valence electrons. The number of hydrogen-bond acceptors (Lipinski definition) is 4. The van der Waals surface area contributed by atoms with E-state index in [1.54, 1.807) is 30.3 Å². The Morgan fingerprint density at radius 1 is 0.958 bits per heavy atom. The number of anilines is 2. The van der Waals surface area contributed by atoms with Gasteiger partial charge in [0, 0.05) is 11.2 Å². The van der Waals surface area contributed by atoms with E-state index in [1.165, 1.54) is 7.11 Å². The molecule has 1 amide bonds. The van der Waals surface area contributed by atoms with Crippen LogP contribution >= 0.6 is 0 Å². The van der Waals surface area contributed by atoms with E-state index in [4.69, 9.17) is 0 Å². The zero-order valence-corrected chi connectivity index (χ0v) is 14.3. The van der Waals surface area contributed by atoms with E-state index in [-0.39, 0.29) is 17.4 Å². The molecule has 5 nitrogen and oxygen atoms in total. The van der Waals surface area contributed by atoms with Gasteiger partial charge in [0.25, 0.3) is 5.91 Å². The summed E-state index contributed by atoms with van der Waals surface area (Å²) in [5.41, 5.74) is 2.20. The van der Waals surface area contributed by atoms with Crippen LogP contribution in [0.25, 0.3) is 0 Å². The average Bonchev–Trinajstić information content (AvgIpc) is 2.53. The first-order valence-corrected chi connectivity index (χ1v) is 7.67. The van der Waals surface area contributed by atoms with Gasteiger partial charge in [-0.2, -0.15) is 0 Å². The van der Waals surface area contributed by atoms with Gasteiger partial charge in [-0.3, -0.25) is 4.79 Å². The van der Waals surface area contributed by atoms with Gasteiger partial charge in [0.05, 0.1) is 23.9 Å². The van der Waals surface area contributed by atoms with Gasteiger partial charge < -0.3 is 15.4 Å². The van der Waals surface area contributed by atoms with Crippen LogP contribution in [-0.2, 0) is 4.74 Å². The minimum absolute atomic E-state index is 0.142. The fourth-order valence-corrected chi connectivity index (χ4v) is 2.16. The van der Waals surface area contributed by atoms with E-state index in [1.807, 2.05) is 39.0 Å². The maximum atomic E-state index is 12.4. The predicted molar refractivity (Wildman–Crippen MR) is 94.7 cm³/mol. The number of esters is 1. The molecule has 0 aromatic heterocycles. The summed E-state index contributed by atoms with van der Waals surface area (Å²) in [6.07, 6.45) is 0. The lowest BCUT2D eigenvalue weighted by molar-refractivity contribution is 0.0600. The molecule has 2 rings (SSSR count). The van der Waals surface area contributed by atoms with Crippen LogP contribution in [0.2, 0.25) is 0 Å². The van der Waals surface area contributed by atoms with Gasteiger partial charge >= 0.3 is 5.97 Å². The monoisotopic (exact) mass is 326 g/mol. The molecule has 0 fully saturated rings. The predicted octanol–water partition coefficient (Wildman–Crippen LogP) is 3.75. The molecule has 5 heteroatoms. The zero-order chi connectivity index (χ0) is 17.7. The Kier molecular flexibility index (Phi) is 5.24. The van der Waals surface area contributed by atoms with Crippen LogP contribution in [0.5, 0.6) is 0 Å². The summed E-state index contributed by atoms with van der Waals surface area (Å²) in [4.78, 5) is 23.9. The molecule has 24 heavy (non-hydrogen) atoms. The number of para-hydroxylation sites is 1. The zero-order valence-electron chi connectivity index (χ0n) is 14.3. The summed E-state index contributed by atoms with van der Waals surface area (Å²) in [6.45, 7) is 5.81. The molecule has 0 spiro atoms. The normalized spacial score (nSPS) is 10.8. The molecule has 0 saturated heterocycles.